The zero-order valence-corrected chi connectivity index (χ0v) is 12.4. The number of pyridine rings is 1. The maximum atomic E-state index is 5.93. The Morgan fingerprint density at radius 2 is 2.23 bits per heavy atom. The Balaban J connectivity index is 1.60. The van der Waals surface area contributed by atoms with Crippen molar-refractivity contribution >= 4 is 16.9 Å². The molecule has 0 amide bonds. The molecule has 0 spiro atoms. The van der Waals surface area contributed by atoms with E-state index in [4.69, 9.17) is 4.74 Å². The highest BCUT2D eigenvalue weighted by atomic mass is 16.5. The van der Waals surface area contributed by atoms with Crippen LogP contribution in [0.2, 0.25) is 0 Å². The summed E-state index contributed by atoms with van der Waals surface area (Å²) in [4.78, 5) is 18.5. The van der Waals surface area contributed by atoms with Gasteiger partial charge < -0.3 is 14.6 Å². The maximum absolute atomic E-state index is 5.93. The molecular formula is C16H17N5O. The predicted molar refractivity (Wildman–Crippen MR) is 83.8 cm³/mol. The number of hydrogen-bond acceptors (Lipinski definition) is 5. The van der Waals surface area contributed by atoms with Crippen molar-refractivity contribution in [2.24, 2.45) is 0 Å². The van der Waals surface area contributed by atoms with Gasteiger partial charge in [0.1, 0.15) is 23.9 Å². The van der Waals surface area contributed by atoms with Crippen LogP contribution in [-0.4, -0.2) is 39.6 Å². The van der Waals surface area contributed by atoms with Crippen molar-refractivity contribution in [2.75, 3.05) is 24.6 Å². The highest BCUT2D eigenvalue weighted by Gasteiger charge is 2.24. The first-order valence-electron chi connectivity index (χ1n) is 7.38. The molecule has 1 atom stereocenters. The molecule has 22 heavy (non-hydrogen) atoms. The minimum Gasteiger partial charge on any atom is -0.368 e. The van der Waals surface area contributed by atoms with E-state index in [2.05, 4.69) is 37.0 Å². The van der Waals surface area contributed by atoms with Gasteiger partial charge in [0.05, 0.1) is 13.2 Å². The minimum atomic E-state index is -0.00165. The number of rotatable bonds is 2. The van der Waals surface area contributed by atoms with Crippen LogP contribution < -0.4 is 4.90 Å². The van der Waals surface area contributed by atoms with E-state index >= 15 is 0 Å². The predicted octanol–water partition coefficient (Wildman–Crippen LogP) is 2.24. The summed E-state index contributed by atoms with van der Waals surface area (Å²) in [6.45, 7) is 4.26. The third-order valence-corrected chi connectivity index (χ3v) is 3.94. The van der Waals surface area contributed by atoms with Crippen LogP contribution in [0, 0.1) is 6.92 Å². The number of fused-ring (bicyclic) bond motifs is 1. The molecule has 1 saturated heterocycles. The molecule has 1 N–H and O–H groups in total. The number of anilines is 1. The van der Waals surface area contributed by atoms with Crippen LogP contribution in [0.25, 0.3) is 11.0 Å². The molecule has 0 bridgehead atoms. The van der Waals surface area contributed by atoms with Crippen molar-refractivity contribution in [1.82, 2.24) is 19.9 Å². The average molecular weight is 295 g/mol. The molecule has 1 unspecified atom stereocenters. The van der Waals surface area contributed by atoms with Gasteiger partial charge in [-0.25, -0.2) is 15.0 Å². The standard InChI is InChI=1S/C16H17N5O/c1-11-7-15(19-10-18-11)21-5-6-22-14(9-21)13-8-12-3-2-4-17-16(12)20-13/h2-4,7-8,10,14H,5-6,9H2,1H3,(H,17,20). The van der Waals surface area contributed by atoms with E-state index in [0.717, 1.165) is 41.3 Å². The highest BCUT2D eigenvalue weighted by Crippen LogP contribution is 2.26. The lowest BCUT2D eigenvalue weighted by Crippen LogP contribution is -2.39. The summed E-state index contributed by atoms with van der Waals surface area (Å²) in [5, 5.41) is 1.11. The summed E-state index contributed by atoms with van der Waals surface area (Å²) < 4.78 is 5.93. The number of H-pyrrole nitrogens is 1. The molecule has 0 saturated carbocycles. The number of nitrogens with one attached hydrogen (secondary N) is 1. The van der Waals surface area contributed by atoms with Crippen molar-refractivity contribution < 1.29 is 4.74 Å². The SMILES string of the molecule is Cc1cc(N2CCOC(c3cc4cccnc4[nH]3)C2)ncn1. The van der Waals surface area contributed by atoms with Gasteiger partial charge in [0.25, 0.3) is 0 Å². The van der Waals surface area contributed by atoms with E-state index in [1.807, 2.05) is 19.1 Å². The molecule has 3 aromatic heterocycles. The van der Waals surface area contributed by atoms with Crippen LogP contribution in [0.1, 0.15) is 17.5 Å². The Morgan fingerprint density at radius 1 is 1.27 bits per heavy atom. The molecule has 112 valence electrons. The molecule has 1 aliphatic rings. The summed E-state index contributed by atoms with van der Waals surface area (Å²) >= 11 is 0. The topological polar surface area (TPSA) is 66.9 Å². The maximum Gasteiger partial charge on any atom is 0.137 e. The number of ether oxygens (including phenoxy) is 1. The van der Waals surface area contributed by atoms with E-state index in [0.29, 0.717) is 6.61 Å². The van der Waals surface area contributed by atoms with Crippen molar-refractivity contribution in [3.05, 3.63) is 48.2 Å². The number of aromatic nitrogens is 4. The Bertz CT molecular complexity index is 767. The molecule has 3 aromatic rings. The van der Waals surface area contributed by atoms with Crippen LogP contribution in [0.5, 0.6) is 0 Å². The summed E-state index contributed by atoms with van der Waals surface area (Å²) in [6.07, 6.45) is 3.40. The minimum absolute atomic E-state index is 0.00165. The Morgan fingerprint density at radius 3 is 3.09 bits per heavy atom. The van der Waals surface area contributed by atoms with Gasteiger partial charge in [-0.1, -0.05) is 0 Å². The van der Waals surface area contributed by atoms with Crippen LogP contribution >= 0.6 is 0 Å². The molecular weight excluding hydrogens is 278 g/mol. The van der Waals surface area contributed by atoms with E-state index in [-0.39, 0.29) is 6.10 Å². The Kier molecular flexibility index (Phi) is 3.23. The van der Waals surface area contributed by atoms with Crippen LogP contribution in [0.4, 0.5) is 5.82 Å². The van der Waals surface area contributed by atoms with Gasteiger partial charge in [0.15, 0.2) is 0 Å². The smallest absolute Gasteiger partial charge is 0.137 e. The van der Waals surface area contributed by atoms with Crippen molar-refractivity contribution in [1.29, 1.82) is 0 Å². The molecule has 4 heterocycles. The fraction of sp³-hybridized carbons (Fsp3) is 0.312. The van der Waals surface area contributed by atoms with Gasteiger partial charge in [-0.2, -0.15) is 0 Å². The Labute approximate surface area is 128 Å². The molecule has 0 aliphatic carbocycles. The average Bonchev–Trinajstić information content (AvgIpc) is 2.99. The van der Waals surface area contributed by atoms with Gasteiger partial charge in [-0.15, -0.1) is 0 Å². The fourth-order valence-electron chi connectivity index (χ4n) is 2.81. The second-order valence-corrected chi connectivity index (χ2v) is 5.49. The number of morpholine rings is 1. The number of aromatic amines is 1. The van der Waals surface area contributed by atoms with Crippen molar-refractivity contribution in [2.45, 2.75) is 13.0 Å². The summed E-state index contributed by atoms with van der Waals surface area (Å²) in [7, 11) is 0. The van der Waals surface area contributed by atoms with Crippen LogP contribution in [0.3, 0.4) is 0 Å². The number of hydrogen-bond donors (Lipinski definition) is 1. The molecule has 0 radical (unpaired) electrons. The van der Waals surface area contributed by atoms with Crippen molar-refractivity contribution in [3.63, 3.8) is 0 Å². The van der Waals surface area contributed by atoms with E-state index in [1.54, 1.807) is 12.5 Å². The van der Waals surface area contributed by atoms with Gasteiger partial charge in [0.2, 0.25) is 0 Å². The third-order valence-electron chi connectivity index (χ3n) is 3.94. The van der Waals surface area contributed by atoms with Gasteiger partial charge in [-0.3, -0.25) is 0 Å². The number of nitrogens with zero attached hydrogens (tertiary/aromatic N) is 4. The quantitative estimate of drug-likeness (QED) is 0.785. The second-order valence-electron chi connectivity index (χ2n) is 5.49. The lowest BCUT2D eigenvalue weighted by atomic mass is 10.2. The number of aryl methyl sites for hydroxylation is 1. The first-order valence-corrected chi connectivity index (χ1v) is 7.38. The van der Waals surface area contributed by atoms with E-state index in [1.165, 1.54) is 0 Å². The van der Waals surface area contributed by atoms with Gasteiger partial charge >= 0.3 is 0 Å². The third kappa shape index (κ3) is 2.42. The summed E-state index contributed by atoms with van der Waals surface area (Å²) in [5.41, 5.74) is 2.93. The molecule has 1 aliphatic heterocycles. The lowest BCUT2D eigenvalue weighted by molar-refractivity contribution is 0.0372. The van der Waals surface area contributed by atoms with E-state index < -0.39 is 0 Å². The van der Waals surface area contributed by atoms with E-state index in [9.17, 15) is 0 Å². The largest absolute Gasteiger partial charge is 0.368 e. The monoisotopic (exact) mass is 295 g/mol. The molecule has 0 aromatic carbocycles. The highest BCUT2D eigenvalue weighted by molar-refractivity contribution is 5.76. The second kappa shape index (κ2) is 5.38. The molecule has 4 rings (SSSR count). The Hall–Kier alpha value is -2.47. The van der Waals surface area contributed by atoms with Crippen molar-refractivity contribution in [3.8, 4) is 0 Å². The molecule has 1 fully saturated rings. The molecule has 6 nitrogen and oxygen atoms in total. The molecule has 6 heteroatoms. The normalized spacial score (nSPS) is 18.8. The zero-order valence-electron chi connectivity index (χ0n) is 12.4. The summed E-state index contributed by atoms with van der Waals surface area (Å²) in [6, 6.07) is 8.12. The van der Waals surface area contributed by atoms with Crippen LogP contribution in [-0.2, 0) is 4.74 Å². The van der Waals surface area contributed by atoms with Crippen LogP contribution in [0.15, 0.2) is 36.8 Å². The fourth-order valence-corrected chi connectivity index (χ4v) is 2.81. The summed E-state index contributed by atoms with van der Waals surface area (Å²) in [5.74, 6) is 0.954. The first kappa shape index (κ1) is 13.2. The van der Waals surface area contributed by atoms with Gasteiger partial charge in [0, 0.05) is 35.6 Å². The lowest BCUT2D eigenvalue weighted by Gasteiger charge is -2.33. The van der Waals surface area contributed by atoms with Gasteiger partial charge in [-0.05, 0) is 25.1 Å². The first-order chi connectivity index (χ1) is 10.8. The zero-order chi connectivity index (χ0) is 14.9.